The molecule has 1 fully saturated rings. The fraction of sp³-hybridized carbons (Fsp3) is 0.818. The second-order valence-corrected chi connectivity index (χ2v) is 3.40. The summed E-state index contributed by atoms with van der Waals surface area (Å²) in [5, 5.41) is 0. The molecule has 1 unspecified atom stereocenters. The van der Waals surface area contributed by atoms with Crippen molar-refractivity contribution < 1.29 is 0 Å². The second kappa shape index (κ2) is 5.40. The van der Waals surface area contributed by atoms with Gasteiger partial charge in [0.15, 0.2) is 0 Å². The molecule has 1 aliphatic carbocycles. The van der Waals surface area contributed by atoms with Crippen molar-refractivity contribution in [3.05, 3.63) is 12.2 Å². The third kappa shape index (κ3) is 3.09. The van der Waals surface area contributed by atoms with E-state index in [-0.39, 0.29) is 0 Å². The van der Waals surface area contributed by atoms with Gasteiger partial charge in [0, 0.05) is 0 Å². The monoisotopic (exact) mass is 154 g/mol. The van der Waals surface area contributed by atoms with Crippen molar-refractivity contribution in [1.82, 2.24) is 0 Å². The molecule has 0 bridgehead atoms. The van der Waals surface area contributed by atoms with E-state index in [1.54, 1.807) is 0 Å². The molecule has 0 aromatic rings. The maximum atomic E-state index is 4.06. The average molecular weight is 154 g/mol. The predicted octanol–water partition coefficient (Wildman–Crippen LogP) is 4.02. The van der Waals surface area contributed by atoms with E-state index in [1.165, 1.54) is 24.8 Å². The average Bonchev–Trinajstić information content (AvgIpc) is 2.39. The van der Waals surface area contributed by atoms with Crippen LogP contribution in [0, 0.1) is 11.8 Å². The molecule has 0 N–H and O–H groups in total. The fourth-order valence-corrected chi connectivity index (χ4v) is 1.74. The van der Waals surface area contributed by atoms with Crippen LogP contribution in [0.2, 0.25) is 0 Å². The van der Waals surface area contributed by atoms with Crippen LogP contribution in [0.1, 0.15) is 47.0 Å². The summed E-state index contributed by atoms with van der Waals surface area (Å²) in [5.41, 5.74) is 1.49. The van der Waals surface area contributed by atoms with Gasteiger partial charge >= 0.3 is 0 Å². The number of allylic oxidation sites excluding steroid dienone is 1. The van der Waals surface area contributed by atoms with E-state index < -0.39 is 0 Å². The summed E-state index contributed by atoms with van der Waals surface area (Å²) < 4.78 is 0. The van der Waals surface area contributed by atoms with E-state index in [4.69, 9.17) is 0 Å². The maximum Gasteiger partial charge on any atom is -0.0183 e. The lowest BCUT2D eigenvalue weighted by atomic mass is 9.92. The van der Waals surface area contributed by atoms with Crippen LogP contribution in [0.25, 0.3) is 0 Å². The third-order valence-corrected chi connectivity index (χ3v) is 2.34. The number of hydrogen-bond donors (Lipinski definition) is 0. The van der Waals surface area contributed by atoms with Crippen LogP contribution in [-0.2, 0) is 0 Å². The smallest absolute Gasteiger partial charge is 0.0183 e. The normalized spacial score (nSPS) is 23.4. The zero-order valence-electron chi connectivity index (χ0n) is 8.48. The van der Waals surface area contributed by atoms with Crippen LogP contribution >= 0.6 is 0 Å². The molecule has 0 aliphatic heterocycles. The first-order chi connectivity index (χ1) is 5.22. The van der Waals surface area contributed by atoms with Crippen LogP contribution in [-0.4, -0.2) is 0 Å². The van der Waals surface area contributed by atoms with E-state index in [9.17, 15) is 0 Å². The lowest BCUT2D eigenvalue weighted by Gasteiger charge is -2.14. The van der Waals surface area contributed by atoms with Crippen molar-refractivity contribution in [1.29, 1.82) is 0 Å². The highest BCUT2D eigenvalue weighted by Crippen LogP contribution is 2.34. The highest BCUT2D eigenvalue weighted by molar-refractivity contribution is 5.06. The maximum absolute atomic E-state index is 4.06. The Morgan fingerprint density at radius 2 is 1.91 bits per heavy atom. The molecule has 1 saturated carbocycles. The highest BCUT2D eigenvalue weighted by Gasteiger charge is 2.21. The largest absolute Gasteiger partial charge is 0.0996 e. The molecule has 0 nitrogen and oxygen atoms in total. The molecule has 1 aliphatic rings. The topological polar surface area (TPSA) is 0 Å². The Hall–Kier alpha value is -0.260. The summed E-state index contributed by atoms with van der Waals surface area (Å²) in [6.45, 7) is 12.6. The first-order valence-electron chi connectivity index (χ1n) is 4.89. The standard InChI is InChI=1S/C9H16.C2H6/c1-7(2)9-6-4-5-8(9)3;1-2/h7,9H,3-6H2,1-2H3;1-2H3. The van der Waals surface area contributed by atoms with Gasteiger partial charge in [-0.15, -0.1) is 0 Å². The summed E-state index contributed by atoms with van der Waals surface area (Å²) in [7, 11) is 0. The summed E-state index contributed by atoms with van der Waals surface area (Å²) >= 11 is 0. The van der Waals surface area contributed by atoms with Crippen LogP contribution < -0.4 is 0 Å². The predicted molar refractivity (Wildman–Crippen MR) is 52.7 cm³/mol. The Labute approximate surface area is 71.7 Å². The molecule has 66 valence electrons. The molecule has 0 radical (unpaired) electrons. The van der Waals surface area contributed by atoms with Gasteiger partial charge in [0.25, 0.3) is 0 Å². The summed E-state index contributed by atoms with van der Waals surface area (Å²) in [5.74, 6) is 1.66. The van der Waals surface area contributed by atoms with E-state index in [0.717, 1.165) is 11.8 Å². The highest BCUT2D eigenvalue weighted by atomic mass is 14.3. The molecule has 0 spiro atoms. The van der Waals surface area contributed by atoms with Gasteiger partial charge < -0.3 is 0 Å². The van der Waals surface area contributed by atoms with Crippen LogP contribution in [0.4, 0.5) is 0 Å². The number of rotatable bonds is 1. The minimum atomic E-state index is 0.819. The first-order valence-corrected chi connectivity index (χ1v) is 4.89. The van der Waals surface area contributed by atoms with Crippen LogP contribution in [0.15, 0.2) is 12.2 Å². The molecule has 1 atom stereocenters. The van der Waals surface area contributed by atoms with Crippen molar-refractivity contribution in [3.8, 4) is 0 Å². The van der Waals surface area contributed by atoms with Gasteiger partial charge in [-0.05, 0) is 31.1 Å². The minimum Gasteiger partial charge on any atom is -0.0996 e. The molecule has 0 aromatic carbocycles. The zero-order valence-corrected chi connectivity index (χ0v) is 8.48. The second-order valence-electron chi connectivity index (χ2n) is 3.40. The van der Waals surface area contributed by atoms with E-state index >= 15 is 0 Å². The molecule has 0 heteroatoms. The van der Waals surface area contributed by atoms with Gasteiger partial charge in [0.05, 0.1) is 0 Å². The van der Waals surface area contributed by atoms with E-state index in [2.05, 4.69) is 20.4 Å². The van der Waals surface area contributed by atoms with Crippen molar-refractivity contribution in [2.24, 2.45) is 11.8 Å². The van der Waals surface area contributed by atoms with E-state index in [1.807, 2.05) is 13.8 Å². The van der Waals surface area contributed by atoms with Gasteiger partial charge in [-0.2, -0.15) is 0 Å². The third-order valence-electron chi connectivity index (χ3n) is 2.34. The lowest BCUT2D eigenvalue weighted by Crippen LogP contribution is -2.04. The summed E-state index contributed by atoms with van der Waals surface area (Å²) in [6.07, 6.45) is 4.04. The molecule has 0 amide bonds. The van der Waals surface area contributed by atoms with Gasteiger partial charge in [0.1, 0.15) is 0 Å². The Balaban J connectivity index is 0.000000461. The molecule has 1 rings (SSSR count). The molecule has 0 aromatic heterocycles. The molecule has 11 heavy (non-hydrogen) atoms. The SMILES string of the molecule is C=C1CCCC1C(C)C.CC. The summed E-state index contributed by atoms with van der Waals surface area (Å²) in [4.78, 5) is 0. The zero-order chi connectivity index (χ0) is 8.85. The van der Waals surface area contributed by atoms with Gasteiger partial charge in [-0.1, -0.05) is 39.8 Å². The van der Waals surface area contributed by atoms with Crippen LogP contribution in [0.3, 0.4) is 0 Å². The number of hydrogen-bond acceptors (Lipinski definition) is 0. The summed E-state index contributed by atoms with van der Waals surface area (Å²) in [6, 6.07) is 0. The quantitative estimate of drug-likeness (QED) is 0.500. The minimum absolute atomic E-state index is 0.819. The Bertz CT molecular complexity index is 111. The molecular formula is C11H22. The Kier molecular flexibility index (Phi) is 5.27. The van der Waals surface area contributed by atoms with Crippen LogP contribution in [0.5, 0.6) is 0 Å². The Morgan fingerprint density at radius 1 is 1.36 bits per heavy atom. The molecule has 0 heterocycles. The van der Waals surface area contributed by atoms with Crippen molar-refractivity contribution in [2.75, 3.05) is 0 Å². The van der Waals surface area contributed by atoms with Gasteiger partial charge in [-0.25, -0.2) is 0 Å². The van der Waals surface area contributed by atoms with E-state index in [0.29, 0.717) is 0 Å². The van der Waals surface area contributed by atoms with Crippen molar-refractivity contribution >= 4 is 0 Å². The fourth-order valence-electron chi connectivity index (χ4n) is 1.74. The van der Waals surface area contributed by atoms with Gasteiger partial charge in [-0.3, -0.25) is 0 Å². The van der Waals surface area contributed by atoms with Gasteiger partial charge in [0.2, 0.25) is 0 Å². The lowest BCUT2D eigenvalue weighted by molar-refractivity contribution is 0.453. The Morgan fingerprint density at radius 3 is 2.09 bits per heavy atom. The van der Waals surface area contributed by atoms with Crippen molar-refractivity contribution in [2.45, 2.75) is 47.0 Å². The molecular weight excluding hydrogens is 132 g/mol. The molecule has 0 saturated heterocycles. The first kappa shape index (κ1) is 10.7. The van der Waals surface area contributed by atoms with Crippen molar-refractivity contribution in [3.63, 3.8) is 0 Å².